The average molecular weight is 403 g/mol. The number of carbonyl (C=O) groups excluding carboxylic acids is 1. The van der Waals surface area contributed by atoms with E-state index in [1.165, 1.54) is 43.2 Å². The molecule has 1 amide bonds. The largest absolute Gasteiger partial charge is 0.320 e. The van der Waals surface area contributed by atoms with Gasteiger partial charge in [0.15, 0.2) is 5.01 Å². The number of hydrogen-bond donors (Lipinski definition) is 1. The zero-order valence-electron chi connectivity index (χ0n) is 15.5. The Morgan fingerprint density at radius 2 is 2.07 bits per heavy atom. The summed E-state index contributed by atoms with van der Waals surface area (Å²) < 4.78 is 2.62. The van der Waals surface area contributed by atoms with Crippen molar-refractivity contribution in [1.82, 2.24) is 14.8 Å². The van der Waals surface area contributed by atoms with Gasteiger partial charge in [-0.2, -0.15) is 5.10 Å². The Labute approximate surface area is 167 Å². The van der Waals surface area contributed by atoms with E-state index < -0.39 is 0 Å². The van der Waals surface area contributed by atoms with Gasteiger partial charge < -0.3 is 5.32 Å². The molecule has 2 aromatic heterocycles. The standard InChI is InChI=1S/C20H23ClN4OS/c1-12(2)13-3-6-16(7-4-13)25-11-14-9-15(5-8-17(14)24-25)23-19(26)20-22-10-18(21)27-20/h5,8-13,16H,3-4,6-7H2,1-2H3,(H,23,26). The molecule has 0 aliphatic heterocycles. The third kappa shape index (κ3) is 4.01. The molecule has 0 atom stereocenters. The lowest BCUT2D eigenvalue weighted by atomic mass is 9.80. The molecule has 1 aliphatic carbocycles. The molecule has 0 spiro atoms. The number of nitrogens with zero attached hydrogens (tertiary/aromatic N) is 3. The fraction of sp³-hybridized carbons (Fsp3) is 0.450. The van der Waals surface area contributed by atoms with E-state index in [1.807, 2.05) is 18.2 Å². The first-order chi connectivity index (χ1) is 13.0. The number of thiazole rings is 1. The summed E-state index contributed by atoms with van der Waals surface area (Å²) in [4.78, 5) is 16.3. The van der Waals surface area contributed by atoms with Crippen molar-refractivity contribution >= 4 is 45.4 Å². The van der Waals surface area contributed by atoms with Gasteiger partial charge in [-0.15, -0.1) is 0 Å². The number of rotatable bonds is 4. The van der Waals surface area contributed by atoms with Crippen molar-refractivity contribution in [3.05, 3.63) is 39.9 Å². The predicted octanol–water partition coefficient (Wildman–Crippen LogP) is 5.79. The van der Waals surface area contributed by atoms with Crippen LogP contribution < -0.4 is 5.32 Å². The maximum absolute atomic E-state index is 12.3. The lowest BCUT2D eigenvalue weighted by Gasteiger charge is -2.30. The van der Waals surface area contributed by atoms with E-state index in [0.29, 0.717) is 15.4 Å². The number of halogens is 1. The summed E-state index contributed by atoms with van der Waals surface area (Å²) in [6.45, 7) is 4.64. The summed E-state index contributed by atoms with van der Waals surface area (Å²) in [5, 5.41) is 9.05. The molecule has 0 radical (unpaired) electrons. The summed E-state index contributed by atoms with van der Waals surface area (Å²) >= 11 is 7.02. The van der Waals surface area contributed by atoms with Crippen LogP contribution in [0.1, 0.15) is 55.4 Å². The second kappa shape index (κ2) is 7.60. The maximum atomic E-state index is 12.3. The number of nitrogens with one attached hydrogen (secondary N) is 1. The lowest BCUT2D eigenvalue weighted by Crippen LogP contribution is -2.21. The molecule has 1 saturated carbocycles. The van der Waals surface area contributed by atoms with E-state index in [-0.39, 0.29) is 5.91 Å². The van der Waals surface area contributed by atoms with Crippen LogP contribution in [0.2, 0.25) is 4.34 Å². The van der Waals surface area contributed by atoms with E-state index in [0.717, 1.165) is 28.4 Å². The average Bonchev–Trinajstić information content (AvgIpc) is 3.27. The minimum atomic E-state index is -0.245. The first kappa shape index (κ1) is 18.4. The Morgan fingerprint density at radius 3 is 2.74 bits per heavy atom. The minimum Gasteiger partial charge on any atom is -0.320 e. The van der Waals surface area contributed by atoms with Crippen LogP contribution in [-0.2, 0) is 0 Å². The molecule has 0 bridgehead atoms. The van der Waals surface area contributed by atoms with Gasteiger partial charge in [0.05, 0.1) is 17.8 Å². The van der Waals surface area contributed by atoms with Crippen molar-refractivity contribution in [3.63, 3.8) is 0 Å². The van der Waals surface area contributed by atoms with Crippen molar-refractivity contribution in [2.24, 2.45) is 11.8 Å². The second-order valence-electron chi connectivity index (χ2n) is 7.62. The number of aromatic nitrogens is 3. The summed E-state index contributed by atoms with van der Waals surface area (Å²) in [5.41, 5.74) is 1.69. The van der Waals surface area contributed by atoms with Gasteiger partial charge >= 0.3 is 0 Å². The number of benzene rings is 1. The van der Waals surface area contributed by atoms with Gasteiger partial charge in [0.2, 0.25) is 0 Å². The van der Waals surface area contributed by atoms with Crippen LogP contribution in [0.5, 0.6) is 0 Å². The topological polar surface area (TPSA) is 59.8 Å². The van der Waals surface area contributed by atoms with E-state index in [1.54, 1.807) is 0 Å². The zero-order chi connectivity index (χ0) is 19.0. The summed E-state index contributed by atoms with van der Waals surface area (Å²) in [6.07, 6.45) is 8.51. The lowest BCUT2D eigenvalue weighted by molar-refractivity contribution is 0.102. The molecule has 7 heteroatoms. The highest BCUT2D eigenvalue weighted by Crippen LogP contribution is 2.36. The molecule has 1 aliphatic rings. The van der Waals surface area contributed by atoms with Crippen molar-refractivity contribution in [2.75, 3.05) is 5.32 Å². The Kier molecular flexibility index (Phi) is 5.19. The molecular weight excluding hydrogens is 380 g/mol. The number of carbonyl (C=O) groups is 1. The fourth-order valence-electron chi connectivity index (χ4n) is 3.89. The molecule has 1 fully saturated rings. The number of hydrogen-bond acceptors (Lipinski definition) is 4. The molecular formula is C20H23ClN4OS. The normalized spacial score (nSPS) is 20.3. The third-order valence-corrected chi connectivity index (χ3v) is 6.62. The molecule has 1 aromatic carbocycles. The Hall–Kier alpha value is -1.92. The van der Waals surface area contributed by atoms with Crippen LogP contribution >= 0.6 is 22.9 Å². The second-order valence-corrected chi connectivity index (χ2v) is 9.28. The summed E-state index contributed by atoms with van der Waals surface area (Å²) in [7, 11) is 0. The molecule has 0 saturated heterocycles. The van der Waals surface area contributed by atoms with Gasteiger partial charge in [0.25, 0.3) is 5.91 Å². The number of amides is 1. The molecule has 3 aromatic rings. The molecule has 1 N–H and O–H groups in total. The van der Waals surface area contributed by atoms with Gasteiger partial charge in [-0.3, -0.25) is 9.48 Å². The van der Waals surface area contributed by atoms with E-state index in [9.17, 15) is 4.79 Å². The van der Waals surface area contributed by atoms with Gasteiger partial charge in [-0.25, -0.2) is 4.98 Å². The molecule has 2 heterocycles. The van der Waals surface area contributed by atoms with Crippen LogP contribution in [0, 0.1) is 11.8 Å². The van der Waals surface area contributed by atoms with E-state index in [4.69, 9.17) is 16.7 Å². The number of fused-ring (bicyclic) bond motifs is 1. The minimum absolute atomic E-state index is 0.245. The Bertz CT molecular complexity index is 956. The zero-order valence-corrected chi connectivity index (χ0v) is 17.1. The third-order valence-electron chi connectivity index (χ3n) is 5.51. The Morgan fingerprint density at radius 1 is 1.30 bits per heavy atom. The quantitative estimate of drug-likeness (QED) is 0.601. The van der Waals surface area contributed by atoms with Crippen molar-refractivity contribution in [2.45, 2.75) is 45.6 Å². The summed E-state index contributed by atoms with van der Waals surface area (Å²) in [5.74, 6) is 1.36. The van der Waals surface area contributed by atoms with Crippen molar-refractivity contribution in [3.8, 4) is 0 Å². The van der Waals surface area contributed by atoms with Gasteiger partial charge in [0.1, 0.15) is 4.34 Å². The van der Waals surface area contributed by atoms with Gasteiger partial charge in [-0.05, 0) is 55.7 Å². The van der Waals surface area contributed by atoms with Crippen LogP contribution in [0.3, 0.4) is 0 Å². The highest BCUT2D eigenvalue weighted by Gasteiger charge is 2.24. The molecule has 0 unspecified atom stereocenters. The summed E-state index contributed by atoms with van der Waals surface area (Å²) in [6, 6.07) is 6.27. The first-order valence-corrected chi connectivity index (χ1v) is 10.6. The molecule has 142 valence electrons. The molecule has 4 rings (SSSR count). The maximum Gasteiger partial charge on any atom is 0.284 e. The predicted molar refractivity (Wildman–Crippen MR) is 111 cm³/mol. The van der Waals surface area contributed by atoms with Crippen LogP contribution in [-0.4, -0.2) is 20.7 Å². The fourth-order valence-corrected chi connectivity index (χ4v) is 4.69. The van der Waals surface area contributed by atoms with Gasteiger partial charge in [0, 0.05) is 17.3 Å². The monoisotopic (exact) mass is 402 g/mol. The van der Waals surface area contributed by atoms with Gasteiger partial charge in [-0.1, -0.05) is 36.8 Å². The van der Waals surface area contributed by atoms with Crippen molar-refractivity contribution < 1.29 is 4.79 Å². The first-order valence-electron chi connectivity index (χ1n) is 9.41. The van der Waals surface area contributed by atoms with Crippen molar-refractivity contribution in [1.29, 1.82) is 0 Å². The smallest absolute Gasteiger partial charge is 0.284 e. The molecule has 5 nitrogen and oxygen atoms in total. The van der Waals surface area contributed by atoms with Crippen LogP contribution in [0.15, 0.2) is 30.6 Å². The van der Waals surface area contributed by atoms with Crippen LogP contribution in [0.25, 0.3) is 10.9 Å². The van der Waals surface area contributed by atoms with Crippen LogP contribution in [0.4, 0.5) is 5.69 Å². The highest BCUT2D eigenvalue weighted by atomic mass is 35.5. The highest BCUT2D eigenvalue weighted by molar-refractivity contribution is 7.17. The van der Waals surface area contributed by atoms with E-state index >= 15 is 0 Å². The number of anilines is 1. The Balaban J connectivity index is 1.48. The SMILES string of the molecule is CC(C)C1CCC(n2cc3cc(NC(=O)c4ncc(Cl)s4)ccc3n2)CC1. The molecule has 27 heavy (non-hydrogen) atoms. The van der Waals surface area contributed by atoms with E-state index in [2.05, 4.69) is 35.0 Å².